The van der Waals surface area contributed by atoms with Crippen molar-refractivity contribution in [1.29, 1.82) is 0 Å². The van der Waals surface area contributed by atoms with Gasteiger partial charge in [0, 0.05) is 12.0 Å². The molecular weight excluding hydrogens is 194 g/mol. The van der Waals surface area contributed by atoms with Gasteiger partial charge in [-0.15, -0.1) is 4.91 Å². The molecular formula is C11H11NO3. The normalized spacial score (nSPS) is 11.8. The van der Waals surface area contributed by atoms with Crippen molar-refractivity contribution in [2.24, 2.45) is 5.18 Å². The van der Waals surface area contributed by atoms with Crippen molar-refractivity contribution >= 4 is 11.5 Å². The van der Waals surface area contributed by atoms with Crippen LogP contribution in [0, 0.1) is 4.91 Å². The Kier molecular flexibility index (Phi) is 3.74. The highest BCUT2D eigenvalue weighted by Gasteiger charge is 2.15. The van der Waals surface area contributed by atoms with E-state index in [0.29, 0.717) is 5.56 Å². The molecule has 0 fully saturated rings. The van der Waals surface area contributed by atoms with E-state index in [-0.39, 0.29) is 12.2 Å². The van der Waals surface area contributed by atoms with E-state index in [2.05, 4.69) is 5.18 Å². The molecule has 0 bridgehead atoms. The lowest BCUT2D eigenvalue weighted by Crippen LogP contribution is -2.01. The summed E-state index contributed by atoms with van der Waals surface area (Å²) in [7, 11) is 0. The standard InChI is InChI=1S/C11H11NO3/c1-2-9(13)10(12-15)11(14)8-6-4-3-5-7-8/h3-7,14H,2H2,1H3. The lowest BCUT2D eigenvalue weighted by Gasteiger charge is -2.01. The van der Waals surface area contributed by atoms with E-state index in [0.717, 1.165) is 0 Å². The molecule has 4 nitrogen and oxygen atoms in total. The zero-order chi connectivity index (χ0) is 11.3. The van der Waals surface area contributed by atoms with Crippen molar-refractivity contribution in [3.8, 4) is 0 Å². The summed E-state index contributed by atoms with van der Waals surface area (Å²) in [5.74, 6) is -0.830. The van der Waals surface area contributed by atoms with E-state index in [9.17, 15) is 14.8 Å². The van der Waals surface area contributed by atoms with Crippen LogP contribution in [0.3, 0.4) is 0 Å². The Morgan fingerprint density at radius 2 is 1.93 bits per heavy atom. The second-order valence-corrected chi connectivity index (χ2v) is 2.93. The molecule has 0 aliphatic heterocycles. The van der Waals surface area contributed by atoms with E-state index >= 15 is 0 Å². The smallest absolute Gasteiger partial charge is 0.192 e. The third-order valence-corrected chi connectivity index (χ3v) is 1.95. The van der Waals surface area contributed by atoms with Crippen molar-refractivity contribution in [2.45, 2.75) is 13.3 Å². The Hall–Kier alpha value is -1.97. The summed E-state index contributed by atoms with van der Waals surface area (Å²) >= 11 is 0. The molecule has 0 aliphatic rings. The number of allylic oxidation sites excluding steroid dienone is 1. The zero-order valence-corrected chi connectivity index (χ0v) is 8.30. The van der Waals surface area contributed by atoms with Crippen molar-refractivity contribution in [3.05, 3.63) is 46.5 Å². The van der Waals surface area contributed by atoms with Crippen molar-refractivity contribution in [3.63, 3.8) is 0 Å². The number of nitroso groups, excluding NO2 is 1. The molecule has 0 saturated carbocycles. The van der Waals surface area contributed by atoms with Gasteiger partial charge in [0.25, 0.3) is 0 Å². The van der Waals surface area contributed by atoms with Gasteiger partial charge in [-0.2, -0.15) is 0 Å². The van der Waals surface area contributed by atoms with Gasteiger partial charge in [0.05, 0.1) is 0 Å². The third-order valence-electron chi connectivity index (χ3n) is 1.95. The van der Waals surface area contributed by atoms with Gasteiger partial charge in [-0.05, 0) is 5.18 Å². The highest BCUT2D eigenvalue weighted by Crippen LogP contribution is 2.17. The van der Waals surface area contributed by atoms with Gasteiger partial charge in [0.15, 0.2) is 17.2 Å². The van der Waals surface area contributed by atoms with Gasteiger partial charge >= 0.3 is 0 Å². The second kappa shape index (κ2) is 5.05. The molecule has 0 radical (unpaired) electrons. The molecule has 0 amide bonds. The molecule has 0 aromatic heterocycles. The minimum Gasteiger partial charge on any atom is -0.505 e. The molecule has 1 N–H and O–H groups in total. The number of carbonyl (C=O) groups is 1. The van der Waals surface area contributed by atoms with Crippen LogP contribution in [-0.2, 0) is 4.79 Å². The molecule has 0 spiro atoms. The first-order valence-corrected chi connectivity index (χ1v) is 4.56. The molecule has 78 valence electrons. The summed E-state index contributed by atoms with van der Waals surface area (Å²) in [4.78, 5) is 21.7. The minimum absolute atomic E-state index is 0.137. The maximum Gasteiger partial charge on any atom is 0.192 e. The van der Waals surface area contributed by atoms with Gasteiger partial charge in [-0.1, -0.05) is 37.3 Å². The number of ketones is 1. The average molecular weight is 205 g/mol. The maximum atomic E-state index is 11.2. The van der Waals surface area contributed by atoms with Crippen molar-refractivity contribution in [1.82, 2.24) is 0 Å². The lowest BCUT2D eigenvalue weighted by molar-refractivity contribution is -0.115. The van der Waals surface area contributed by atoms with Crippen LogP contribution in [0.15, 0.2) is 41.2 Å². The highest BCUT2D eigenvalue weighted by molar-refractivity contribution is 6.00. The van der Waals surface area contributed by atoms with Crippen LogP contribution in [0.5, 0.6) is 0 Å². The number of benzene rings is 1. The molecule has 0 saturated heterocycles. The number of hydrogen-bond acceptors (Lipinski definition) is 4. The van der Waals surface area contributed by atoms with Gasteiger partial charge < -0.3 is 5.11 Å². The predicted molar refractivity (Wildman–Crippen MR) is 57.1 cm³/mol. The van der Waals surface area contributed by atoms with Crippen molar-refractivity contribution < 1.29 is 9.90 Å². The molecule has 1 aromatic carbocycles. The first kappa shape index (κ1) is 11.1. The molecule has 1 aromatic rings. The van der Waals surface area contributed by atoms with E-state index < -0.39 is 11.5 Å². The monoisotopic (exact) mass is 205 g/mol. The molecule has 1 rings (SSSR count). The van der Waals surface area contributed by atoms with Crippen LogP contribution in [0.2, 0.25) is 0 Å². The Labute approximate surface area is 87.2 Å². The van der Waals surface area contributed by atoms with Crippen LogP contribution >= 0.6 is 0 Å². The zero-order valence-electron chi connectivity index (χ0n) is 8.30. The van der Waals surface area contributed by atoms with Crippen LogP contribution in [0.25, 0.3) is 5.76 Å². The van der Waals surface area contributed by atoms with Gasteiger partial charge in [-0.25, -0.2) is 0 Å². The Bertz CT molecular complexity index is 396. The van der Waals surface area contributed by atoms with Crippen LogP contribution < -0.4 is 0 Å². The Balaban J connectivity index is 3.18. The van der Waals surface area contributed by atoms with Crippen LogP contribution in [0.1, 0.15) is 18.9 Å². The molecule has 0 unspecified atom stereocenters. The van der Waals surface area contributed by atoms with Gasteiger partial charge in [-0.3, -0.25) is 4.79 Å². The largest absolute Gasteiger partial charge is 0.505 e. The summed E-state index contributed by atoms with van der Waals surface area (Å²) < 4.78 is 0. The summed E-state index contributed by atoms with van der Waals surface area (Å²) in [6.07, 6.45) is 0.137. The second-order valence-electron chi connectivity index (χ2n) is 2.93. The SMILES string of the molecule is CCC(=O)C(N=O)=C(O)c1ccccc1. The quantitative estimate of drug-likeness (QED) is 0.466. The first-order chi connectivity index (χ1) is 7.20. The minimum atomic E-state index is -0.466. The predicted octanol–water partition coefficient (Wildman–Crippen LogP) is 2.66. The fraction of sp³-hybridized carbons (Fsp3) is 0.182. The van der Waals surface area contributed by atoms with E-state index in [1.165, 1.54) is 0 Å². The number of aliphatic hydroxyl groups is 1. The third kappa shape index (κ3) is 2.49. The molecule has 15 heavy (non-hydrogen) atoms. The highest BCUT2D eigenvalue weighted by atomic mass is 16.3. The number of aliphatic hydroxyl groups excluding tert-OH is 1. The Morgan fingerprint density at radius 1 is 1.33 bits per heavy atom. The Morgan fingerprint density at radius 3 is 2.40 bits per heavy atom. The average Bonchev–Trinajstić information content (AvgIpc) is 2.30. The topological polar surface area (TPSA) is 66.7 Å². The van der Waals surface area contributed by atoms with Crippen LogP contribution in [-0.4, -0.2) is 10.9 Å². The summed E-state index contributed by atoms with van der Waals surface area (Å²) in [5.41, 5.74) is -0.00222. The molecule has 0 heterocycles. The van der Waals surface area contributed by atoms with E-state index in [1.807, 2.05) is 0 Å². The van der Waals surface area contributed by atoms with E-state index in [1.54, 1.807) is 37.3 Å². The van der Waals surface area contributed by atoms with Crippen LogP contribution in [0.4, 0.5) is 0 Å². The number of carbonyl (C=O) groups excluding carboxylic acids is 1. The molecule has 0 atom stereocenters. The summed E-state index contributed by atoms with van der Waals surface area (Å²) in [6.45, 7) is 1.60. The number of nitrogens with zero attached hydrogens (tertiary/aromatic N) is 1. The van der Waals surface area contributed by atoms with Gasteiger partial charge in [0.1, 0.15) is 0 Å². The van der Waals surface area contributed by atoms with E-state index in [4.69, 9.17) is 0 Å². The first-order valence-electron chi connectivity index (χ1n) is 4.56. The summed E-state index contributed by atoms with van der Waals surface area (Å²) in [5, 5.41) is 12.2. The fourth-order valence-corrected chi connectivity index (χ4v) is 1.13. The molecule has 4 heteroatoms. The van der Waals surface area contributed by atoms with Crippen molar-refractivity contribution in [2.75, 3.05) is 0 Å². The molecule has 0 aliphatic carbocycles. The number of rotatable bonds is 4. The number of Topliss-reactive ketones (excluding diaryl/α,β-unsaturated/α-hetero) is 1. The maximum absolute atomic E-state index is 11.2. The fourth-order valence-electron chi connectivity index (χ4n) is 1.13. The van der Waals surface area contributed by atoms with Gasteiger partial charge in [0.2, 0.25) is 0 Å². The summed E-state index contributed by atoms with van der Waals surface area (Å²) in [6, 6.07) is 8.37. The number of hydrogen-bond donors (Lipinski definition) is 1. The lowest BCUT2D eigenvalue weighted by atomic mass is 10.1.